The summed E-state index contributed by atoms with van der Waals surface area (Å²) in [6, 6.07) is -2.34. The van der Waals surface area contributed by atoms with Crippen molar-refractivity contribution in [2.75, 3.05) is 6.61 Å². The van der Waals surface area contributed by atoms with E-state index in [1.165, 1.54) is 13.8 Å². The van der Waals surface area contributed by atoms with E-state index in [1.807, 2.05) is 0 Å². The third kappa shape index (κ3) is 8.54. The number of carbonyl (C=O) groups is 4. The van der Waals surface area contributed by atoms with Crippen molar-refractivity contribution in [3.05, 3.63) is 12.0 Å². The predicted molar refractivity (Wildman–Crippen MR) is 139 cm³/mol. The van der Waals surface area contributed by atoms with E-state index in [1.54, 1.807) is 27.7 Å². The molecule has 6 atom stereocenters. The molecule has 0 saturated carbocycles. The standard InChI is InChI=1S/C23H35F3N3O10PS/c1-10(2)37-20(34)12(5)27-40(41,28-13(6)21(35)38-11(3)4)36-9-23(22(25)26)18(33)17(32)19(39-23)29-8-14(24)15(30)7-16(29)31/h8,10-13,17-19,22,32-33H,7,9H2,1-6H3,(H2,27,28,41)/t12-,13-,17+,18+,19+,23+/m0/s1. The van der Waals surface area contributed by atoms with E-state index in [4.69, 9.17) is 30.5 Å². The van der Waals surface area contributed by atoms with Crippen LogP contribution in [0.4, 0.5) is 13.2 Å². The molecule has 2 aliphatic heterocycles. The van der Waals surface area contributed by atoms with E-state index in [9.17, 15) is 42.6 Å². The summed E-state index contributed by atoms with van der Waals surface area (Å²) >= 11 is 5.51. The maximum Gasteiger partial charge on any atom is 0.323 e. The third-order valence-electron chi connectivity index (χ3n) is 5.83. The molecule has 0 unspecified atom stereocenters. The summed E-state index contributed by atoms with van der Waals surface area (Å²) in [5.74, 6) is -5.16. The number of carbonyl (C=O) groups excluding carboxylic acids is 4. The molecule has 41 heavy (non-hydrogen) atoms. The zero-order chi connectivity index (χ0) is 31.4. The SMILES string of the molecule is CC(C)OC(=O)[C@H](C)NP(=S)(N[C@@H](C)C(=O)OC(C)C)OC[C@@]1(C(F)F)O[C@@H](N2C=C(F)C(=O)CC2=O)[C@H](O)[C@H]1O. The van der Waals surface area contributed by atoms with Crippen LogP contribution in [0.15, 0.2) is 12.0 Å². The fraction of sp³-hybridized carbons (Fsp3) is 0.739. The number of hydrogen-bond donors (Lipinski definition) is 4. The Morgan fingerprint density at radius 1 is 1.10 bits per heavy atom. The molecule has 2 heterocycles. The number of nitrogens with one attached hydrogen (secondary N) is 2. The molecule has 0 spiro atoms. The van der Waals surface area contributed by atoms with Gasteiger partial charge in [0.2, 0.25) is 11.7 Å². The number of nitrogens with zero attached hydrogens (tertiary/aromatic N) is 1. The van der Waals surface area contributed by atoms with Gasteiger partial charge < -0.3 is 28.9 Å². The first-order chi connectivity index (χ1) is 18.8. The fourth-order valence-corrected chi connectivity index (χ4v) is 6.72. The van der Waals surface area contributed by atoms with Crippen molar-refractivity contribution in [3.8, 4) is 0 Å². The minimum absolute atomic E-state index is 0.384. The number of alkyl halides is 2. The minimum Gasteiger partial charge on any atom is -0.462 e. The van der Waals surface area contributed by atoms with Crippen LogP contribution in [0.2, 0.25) is 0 Å². The molecule has 0 bridgehead atoms. The lowest BCUT2D eigenvalue weighted by molar-refractivity contribution is -0.199. The summed E-state index contributed by atoms with van der Waals surface area (Å²) < 4.78 is 64.0. The Labute approximate surface area is 239 Å². The average Bonchev–Trinajstić information content (AvgIpc) is 3.10. The number of allylic oxidation sites excluding steroid dienone is 1. The largest absolute Gasteiger partial charge is 0.462 e. The molecule has 0 aromatic heterocycles. The van der Waals surface area contributed by atoms with Crippen molar-refractivity contribution in [3.63, 3.8) is 0 Å². The van der Waals surface area contributed by atoms with E-state index in [2.05, 4.69) is 10.2 Å². The highest BCUT2D eigenvalue weighted by Gasteiger charge is 2.62. The number of aliphatic hydroxyl groups is 2. The third-order valence-corrected chi connectivity index (χ3v) is 8.72. The topological polar surface area (TPSA) is 173 Å². The first-order valence-corrected chi connectivity index (χ1v) is 15.3. The van der Waals surface area contributed by atoms with Gasteiger partial charge in [-0.3, -0.25) is 24.1 Å². The lowest BCUT2D eigenvalue weighted by Crippen LogP contribution is -2.53. The highest BCUT2D eigenvalue weighted by molar-refractivity contribution is 8.10. The number of halogens is 3. The summed E-state index contributed by atoms with van der Waals surface area (Å²) in [6.07, 6.45) is -11.8. The van der Waals surface area contributed by atoms with Crippen LogP contribution >= 0.6 is 6.57 Å². The number of rotatable bonds is 13. The molecular formula is C23H35F3N3O10PS. The van der Waals surface area contributed by atoms with Crippen molar-refractivity contribution in [1.82, 2.24) is 15.1 Å². The number of ether oxygens (including phenoxy) is 3. The Morgan fingerprint density at radius 2 is 1.59 bits per heavy atom. The number of Topliss-reactive ketones (excluding diaryl/α,β-unsaturated/α-hetero) is 1. The molecule has 1 fully saturated rings. The van der Waals surface area contributed by atoms with Gasteiger partial charge in [0.1, 0.15) is 24.3 Å². The van der Waals surface area contributed by atoms with Crippen LogP contribution in [-0.2, 0) is 49.7 Å². The number of aliphatic hydroxyl groups excluding tert-OH is 2. The van der Waals surface area contributed by atoms with E-state index in [-0.39, 0.29) is 0 Å². The predicted octanol–water partition coefficient (Wildman–Crippen LogP) is 0.781. The highest BCUT2D eigenvalue weighted by Crippen LogP contribution is 2.45. The second-order valence-electron chi connectivity index (χ2n) is 10.1. The van der Waals surface area contributed by atoms with E-state index >= 15 is 0 Å². The van der Waals surface area contributed by atoms with Crippen molar-refractivity contribution >= 4 is 42.0 Å². The van der Waals surface area contributed by atoms with Gasteiger partial charge >= 0.3 is 11.9 Å². The summed E-state index contributed by atoms with van der Waals surface area (Å²) in [5.41, 5.74) is -3.02. The van der Waals surface area contributed by atoms with Crippen molar-refractivity contribution < 1.29 is 61.3 Å². The molecule has 0 aliphatic carbocycles. The van der Waals surface area contributed by atoms with Crippen LogP contribution in [-0.4, -0.2) is 100 Å². The molecule has 234 valence electrons. The summed E-state index contributed by atoms with van der Waals surface area (Å²) in [4.78, 5) is 49.0. The second kappa shape index (κ2) is 14.0. The number of esters is 2. The van der Waals surface area contributed by atoms with Crippen LogP contribution < -0.4 is 10.2 Å². The maximum absolute atomic E-state index is 14.5. The van der Waals surface area contributed by atoms with E-state index in [0.29, 0.717) is 11.1 Å². The second-order valence-corrected chi connectivity index (χ2v) is 13.5. The Morgan fingerprint density at radius 3 is 2.02 bits per heavy atom. The minimum atomic E-state index is -3.86. The van der Waals surface area contributed by atoms with Gasteiger partial charge in [0.05, 0.1) is 25.2 Å². The lowest BCUT2D eigenvalue weighted by atomic mass is 9.96. The molecule has 18 heteroatoms. The average molecular weight is 634 g/mol. The summed E-state index contributed by atoms with van der Waals surface area (Å²) in [7, 11) is 0. The summed E-state index contributed by atoms with van der Waals surface area (Å²) in [5, 5.41) is 26.5. The molecule has 0 aromatic carbocycles. The molecular weight excluding hydrogens is 598 g/mol. The normalized spacial score (nSPS) is 26.9. The smallest absolute Gasteiger partial charge is 0.323 e. The molecule has 4 N–H and O–H groups in total. The number of ketones is 1. The molecule has 0 aromatic rings. The fourth-order valence-electron chi connectivity index (χ4n) is 3.78. The van der Waals surface area contributed by atoms with Crippen LogP contribution in [0.25, 0.3) is 0 Å². The Hall–Kier alpha value is -1.98. The molecule has 1 amide bonds. The molecule has 13 nitrogen and oxygen atoms in total. The van der Waals surface area contributed by atoms with Crippen LogP contribution in [0, 0.1) is 0 Å². The van der Waals surface area contributed by atoms with Crippen molar-refractivity contribution in [1.29, 1.82) is 0 Å². The van der Waals surface area contributed by atoms with Crippen LogP contribution in [0.1, 0.15) is 48.0 Å². The quantitative estimate of drug-likeness (QED) is 0.128. The van der Waals surface area contributed by atoms with Crippen molar-refractivity contribution in [2.24, 2.45) is 0 Å². The Bertz CT molecular complexity index is 1060. The van der Waals surface area contributed by atoms with Gasteiger partial charge in [-0.1, -0.05) is 0 Å². The molecule has 2 aliphatic rings. The van der Waals surface area contributed by atoms with Gasteiger partial charge in [0, 0.05) is 6.20 Å². The Balaban J connectivity index is 2.37. The van der Waals surface area contributed by atoms with Gasteiger partial charge in [-0.25, -0.2) is 23.3 Å². The number of hydrogen-bond acceptors (Lipinski definition) is 11. The van der Waals surface area contributed by atoms with E-state index < -0.39 is 104 Å². The first-order valence-electron chi connectivity index (χ1n) is 12.6. The zero-order valence-electron chi connectivity index (χ0n) is 23.2. The van der Waals surface area contributed by atoms with Crippen LogP contribution in [0.5, 0.6) is 0 Å². The lowest BCUT2D eigenvalue weighted by Gasteiger charge is -2.36. The van der Waals surface area contributed by atoms with Gasteiger partial charge in [-0.15, -0.1) is 0 Å². The number of amides is 1. The maximum atomic E-state index is 14.5. The van der Waals surface area contributed by atoms with E-state index in [0.717, 1.165) is 0 Å². The molecule has 1 saturated heterocycles. The highest BCUT2D eigenvalue weighted by atomic mass is 32.4. The van der Waals surface area contributed by atoms with Gasteiger partial charge in [0.25, 0.3) is 6.43 Å². The summed E-state index contributed by atoms with van der Waals surface area (Å²) in [6.45, 7) is 3.98. The van der Waals surface area contributed by atoms with Gasteiger partial charge in [0.15, 0.2) is 24.2 Å². The molecule has 0 radical (unpaired) electrons. The monoisotopic (exact) mass is 633 g/mol. The first kappa shape index (κ1) is 35.2. The Kier molecular flexibility index (Phi) is 12.0. The zero-order valence-corrected chi connectivity index (χ0v) is 24.9. The van der Waals surface area contributed by atoms with Gasteiger partial charge in [-0.05, 0) is 53.3 Å². The van der Waals surface area contributed by atoms with Crippen molar-refractivity contribution in [2.45, 2.75) is 103 Å². The van der Waals surface area contributed by atoms with Crippen LogP contribution in [0.3, 0.4) is 0 Å². The molecule has 2 rings (SSSR count). The van der Waals surface area contributed by atoms with Gasteiger partial charge in [-0.2, -0.15) is 0 Å².